The monoisotopic (exact) mass is 327 g/mol. The molecule has 6 heteroatoms. The third kappa shape index (κ3) is 3.29. The van der Waals surface area contributed by atoms with E-state index >= 15 is 0 Å². The third-order valence-corrected chi connectivity index (χ3v) is 7.02. The van der Waals surface area contributed by atoms with Gasteiger partial charge in [-0.1, -0.05) is 32.0 Å². The predicted molar refractivity (Wildman–Crippen MR) is 87.2 cm³/mol. The number of aliphatic hydroxyl groups is 1. The van der Waals surface area contributed by atoms with Gasteiger partial charge < -0.3 is 5.11 Å². The van der Waals surface area contributed by atoms with E-state index in [1.807, 2.05) is 38.1 Å². The average molecular weight is 327 g/mol. The standard InChI is InChI=1S/C15H21NO3S2/c1-3-9-16(13(4-2)11-17)21(18,19)15-10-12-7-5-6-8-14(12)20-15/h5-8,10,13,17H,3-4,9,11H2,1-2H3. The van der Waals surface area contributed by atoms with Gasteiger partial charge in [0.05, 0.1) is 6.61 Å². The molecule has 0 fully saturated rings. The summed E-state index contributed by atoms with van der Waals surface area (Å²) in [7, 11) is -3.56. The molecule has 21 heavy (non-hydrogen) atoms. The highest BCUT2D eigenvalue weighted by molar-refractivity contribution is 7.91. The van der Waals surface area contributed by atoms with Crippen molar-refractivity contribution in [1.29, 1.82) is 0 Å². The fourth-order valence-corrected chi connectivity index (χ4v) is 5.65. The van der Waals surface area contributed by atoms with Gasteiger partial charge >= 0.3 is 0 Å². The molecule has 4 nitrogen and oxygen atoms in total. The van der Waals surface area contributed by atoms with Gasteiger partial charge in [0.15, 0.2) is 0 Å². The summed E-state index contributed by atoms with van der Waals surface area (Å²) in [5.41, 5.74) is 0. The third-order valence-electron chi connectivity index (χ3n) is 3.50. The molecular weight excluding hydrogens is 306 g/mol. The van der Waals surface area contributed by atoms with Crippen molar-refractivity contribution in [2.24, 2.45) is 0 Å². The van der Waals surface area contributed by atoms with Crippen LogP contribution in [0.25, 0.3) is 10.1 Å². The lowest BCUT2D eigenvalue weighted by molar-refractivity contribution is 0.183. The van der Waals surface area contributed by atoms with E-state index in [2.05, 4.69) is 0 Å². The number of sulfonamides is 1. The number of thiophene rings is 1. The normalized spacial score (nSPS) is 13.9. The topological polar surface area (TPSA) is 57.6 Å². The first-order valence-electron chi connectivity index (χ1n) is 7.15. The molecule has 1 unspecified atom stereocenters. The minimum atomic E-state index is -3.56. The summed E-state index contributed by atoms with van der Waals surface area (Å²) in [5, 5.41) is 10.4. The van der Waals surface area contributed by atoms with Crippen LogP contribution in [0.5, 0.6) is 0 Å². The van der Waals surface area contributed by atoms with Crippen LogP contribution in [0, 0.1) is 0 Å². The summed E-state index contributed by atoms with van der Waals surface area (Å²) in [5.74, 6) is 0. The Hall–Kier alpha value is -0.950. The fourth-order valence-electron chi connectivity index (χ4n) is 2.34. The fraction of sp³-hybridized carbons (Fsp3) is 0.467. The highest BCUT2D eigenvalue weighted by atomic mass is 32.2. The quantitative estimate of drug-likeness (QED) is 0.850. The van der Waals surface area contributed by atoms with Crippen LogP contribution in [-0.4, -0.2) is 37.0 Å². The van der Waals surface area contributed by atoms with E-state index in [0.29, 0.717) is 17.2 Å². The molecule has 0 saturated heterocycles. The first kappa shape index (κ1) is 16.4. The van der Waals surface area contributed by atoms with E-state index in [9.17, 15) is 13.5 Å². The molecule has 0 aliphatic carbocycles. The van der Waals surface area contributed by atoms with Crippen LogP contribution in [0.3, 0.4) is 0 Å². The van der Waals surface area contributed by atoms with Crippen LogP contribution in [0.1, 0.15) is 26.7 Å². The molecule has 2 rings (SSSR count). The van der Waals surface area contributed by atoms with Crippen LogP contribution in [-0.2, 0) is 10.0 Å². The number of nitrogens with zero attached hydrogens (tertiary/aromatic N) is 1. The maximum atomic E-state index is 12.9. The highest BCUT2D eigenvalue weighted by Crippen LogP contribution is 2.31. The minimum absolute atomic E-state index is 0.152. The number of rotatable bonds is 7. The maximum Gasteiger partial charge on any atom is 0.252 e. The molecule has 1 heterocycles. The second kappa shape index (κ2) is 6.87. The summed E-state index contributed by atoms with van der Waals surface area (Å²) < 4.78 is 28.5. The molecule has 0 bridgehead atoms. The largest absolute Gasteiger partial charge is 0.395 e. The second-order valence-electron chi connectivity index (χ2n) is 4.96. The molecule has 1 aromatic carbocycles. The van der Waals surface area contributed by atoms with Gasteiger partial charge in [-0.15, -0.1) is 11.3 Å². The zero-order valence-corrected chi connectivity index (χ0v) is 14.0. The Morgan fingerprint density at radius 1 is 1.29 bits per heavy atom. The first-order valence-corrected chi connectivity index (χ1v) is 9.41. The first-order chi connectivity index (χ1) is 10.0. The summed E-state index contributed by atoms with van der Waals surface area (Å²) in [4.78, 5) is 0. The zero-order valence-electron chi connectivity index (χ0n) is 12.3. The molecule has 0 spiro atoms. The Labute approximate surface area is 130 Å². The molecule has 2 aromatic rings. The minimum Gasteiger partial charge on any atom is -0.395 e. The SMILES string of the molecule is CCCN(C(CC)CO)S(=O)(=O)c1cc2ccccc2s1. The van der Waals surface area contributed by atoms with Gasteiger partial charge in [0.25, 0.3) is 10.0 Å². The lowest BCUT2D eigenvalue weighted by Gasteiger charge is -2.28. The van der Waals surface area contributed by atoms with E-state index in [4.69, 9.17) is 0 Å². The Morgan fingerprint density at radius 2 is 2.00 bits per heavy atom. The summed E-state index contributed by atoms with van der Waals surface area (Å²) in [6.45, 7) is 4.11. The van der Waals surface area contributed by atoms with Crippen LogP contribution in [0.2, 0.25) is 0 Å². The van der Waals surface area contributed by atoms with E-state index in [1.165, 1.54) is 15.6 Å². The number of aliphatic hydroxyl groups excluding tert-OH is 1. The Morgan fingerprint density at radius 3 is 2.57 bits per heavy atom. The maximum absolute atomic E-state index is 12.9. The molecule has 0 radical (unpaired) electrons. The number of benzene rings is 1. The Kier molecular flexibility index (Phi) is 5.37. The van der Waals surface area contributed by atoms with E-state index < -0.39 is 10.0 Å². The van der Waals surface area contributed by atoms with E-state index in [0.717, 1.165) is 16.5 Å². The lowest BCUT2D eigenvalue weighted by atomic mass is 10.2. The van der Waals surface area contributed by atoms with Gasteiger partial charge in [0.1, 0.15) is 4.21 Å². The van der Waals surface area contributed by atoms with E-state index in [-0.39, 0.29) is 12.6 Å². The highest BCUT2D eigenvalue weighted by Gasteiger charge is 2.30. The lowest BCUT2D eigenvalue weighted by Crippen LogP contribution is -2.42. The van der Waals surface area contributed by atoms with Crippen molar-refractivity contribution in [2.75, 3.05) is 13.2 Å². The molecule has 116 valence electrons. The second-order valence-corrected chi connectivity index (χ2v) is 8.16. The van der Waals surface area contributed by atoms with Crippen molar-refractivity contribution in [3.05, 3.63) is 30.3 Å². The van der Waals surface area contributed by atoms with Gasteiger partial charge in [-0.05, 0) is 30.4 Å². The number of hydrogen-bond acceptors (Lipinski definition) is 4. The summed E-state index contributed by atoms with van der Waals surface area (Å²) in [6, 6.07) is 9.01. The number of fused-ring (bicyclic) bond motifs is 1. The molecular formula is C15H21NO3S2. The van der Waals surface area contributed by atoms with Crippen molar-refractivity contribution < 1.29 is 13.5 Å². The molecule has 0 aliphatic heterocycles. The zero-order chi connectivity index (χ0) is 15.5. The number of hydrogen-bond donors (Lipinski definition) is 1. The van der Waals surface area contributed by atoms with Crippen molar-refractivity contribution in [2.45, 2.75) is 36.9 Å². The predicted octanol–water partition coefficient (Wildman–Crippen LogP) is 3.07. The summed E-state index contributed by atoms with van der Waals surface area (Å²) >= 11 is 1.29. The van der Waals surface area contributed by atoms with E-state index in [1.54, 1.807) is 6.07 Å². The molecule has 0 amide bonds. The molecule has 1 aromatic heterocycles. The molecule has 0 aliphatic rings. The Bertz CT molecular complexity index is 657. The van der Waals surface area contributed by atoms with Gasteiger partial charge in [-0.2, -0.15) is 4.31 Å². The van der Waals surface area contributed by atoms with Gasteiger partial charge in [0.2, 0.25) is 0 Å². The summed E-state index contributed by atoms with van der Waals surface area (Å²) in [6.07, 6.45) is 1.32. The van der Waals surface area contributed by atoms with Crippen molar-refractivity contribution in [3.63, 3.8) is 0 Å². The van der Waals surface area contributed by atoms with Gasteiger partial charge in [-0.3, -0.25) is 0 Å². The Balaban J connectivity index is 2.46. The van der Waals surface area contributed by atoms with Crippen LogP contribution >= 0.6 is 11.3 Å². The molecule has 1 atom stereocenters. The average Bonchev–Trinajstić information content (AvgIpc) is 2.92. The van der Waals surface area contributed by atoms with Crippen molar-refractivity contribution in [3.8, 4) is 0 Å². The smallest absolute Gasteiger partial charge is 0.252 e. The van der Waals surface area contributed by atoms with Crippen LogP contribution in [0.4, 0.5) is 0 Å². The van der Waals surface area contributed by atoms with Crippen LogP contribution in [0.15, 0.2) is 34.5 Å². The van der Waals surface area contributed by atoms with Gasteiger partial charge in [-0.25, -0.2) is 8.42 Å². The van der Waals surface area contributed by atoms with Crippen LogP contribution < -0.4 is 0 Å². The molecule has 0 saturated carbocycles. The molecule has 1 N–H and O–H groups in total. The van der Waals surface area contributed by atoms with Crippen molar-refractivity contribution in [1.82, 2.24) is 4.31 Å². The van der Waals surface area contributed by atoms with Gasteiger partial charge in [0, 0.05) is 17.3 Å². The van der Waals surface area contributed by atoms with Crippen molar-refractivity contribution >= 4 is 31.4 Å².